The van der Waals surface area contributed by atoms with Gasteiger partial charge in [-0.3, -0.25) is 9.59 Å². The van der Waals surface area contributed by atoms with Gasteiger partial charge >= 0.3 is 0 Å². The Kier molecular flexibility index (Phi) is 5.84. The molecule has 10 heteroatoms. The number of nitrogens with one attached hydrogen (secondary N) is 1. The van der Waals surface area contributed by atoms with Gasteiger partial charge in [-0.1, -0.05) is 0 Å². The Morgan fingerprint density at radius 1 is 1.14 bits per heavy atom. The number of nitrogens with zero attached hydrogens (tertiary/aromatic N) is 1. The Balaban J connectivity index is 1.76. The molecule has 2 amide bonds. The molecule has 0 spiro atoms. The molecule has 1 saturated heterocycles. The number of morpholine rings is 1. The van der Waals surface area contributed by atoms with Crippen LogP contribution in [0.2, 0.25) is 0 Å². The molecule has 1 aliphatic rings. The number of amides is 2. The number of sulfonamides is 1. The van der Waals surface area contributed by atoms with Crippen molar-refractivity contribution < 1.29 is 22.7 Å². The molecule has 0 radical (unpaired) electrons. The predicted molar refractivity (Wildman–Crippen MR) is 106 cm³/mol. The third-order valence-electron chi connectivity index (χ3n) is 4.30. The molecule has 1 aliphatic heterocycles. The average molecular weight is 424 g/mol. The predicted octanol–water partition coefficient (Wildman–Crippen LogP) is 1.90. The Bertz CT molecular complexity index is 975. The smallest absolute Gasteiger partial charge is 0.256 e. The van der Waals surface area contributed by atoms with Gasteiger partial charge in [0, 0.05) is 18.7 Å². The van der Waals surface area contributed by atoms with Crippen molar-refractivity contribution in [2.45, 2.75) is 31.0 Å². The maximum absolute atomic E-state index is 12.9. The molecule has 1 aromatic heterocycles. The number of benzene rings is 1. The van der Waals surface area contributed by atoms with Gasteiger partial charge in [0.25, 0.3) is 11.8 Å². The fourth-order valence-corrected chi connectivity index (χ4v) is 5.41. The summed E-state index contributed by atoms with van der Waals surface area (Å²) in [5.74, 6) is -1.09. The van der Waals surface area contributed by atoms with Crippen molar-refractivity contribution >= 4 is 38.2 Å². The van der Waals surface area contributed by atoms with Crippen LogP contribution < -0.4 is 11.1 Å². The minimum atomic E-state index is -3.68. The molecule has 2 aromatic rings. The molecular formula is C18H21N3O5S2. The lowest BCUT2D eigenvalue weighted by Gasteiger charge is -2.34. The van der Waals surface area contributed by atoms with Crippen LogP contribution in [0, 0.1) is 0 Å². The number of anilines is 1. The number of hydrogen-bond acceptors (Lipinski definition) is 6. The number of carbonyl (C=O) groups excluding carboxylic acids is 2. The lowest BCUT2D eigenvalue weighted by molar-refractivity contribution is -0.0440. The van der Waals surface area contributed by atoms with E-state index in [2.05, 4.69) is 5.32 Å². The van der Waals surface area contributed by atoms with E-state index in [4.69, 9.17) is 10.5 Å². The van der Waals surface area contributed by atoms with E-state index in [1.165, 1.54) is 46.0 Å². The van der Waals surface area contributed by atoms with Crippen molar-refractivity contribution in [3.8, 4) is 0 Å². The average Bonchev–Trinajstić information content (AvgIpc) is 3.09. The van der Waals surface area contributed by atoms with Gasteiger partial charge in [0.15, 0.2) is 0 Å². The van der Waals surface area contributed by atoms with Crippen molar-refractivity contribution in [1.29, 1.82) is 0 Å². The summed E-state index contributed by atoms with van der Waals surface area (Å²) in [6, 6.07) is 7.21. The molecule has 1 fully saturated rings. The topological polar surface area (TPSA) is 119 Å². The summed E-state index contributed by atoms with van der Waals surface area (Å²) in [5, 5.41) is 4.62. The molecule has 0 bridgehead atoms. The zero-order chi connectivity index (χ0) is 20.5. The number of ether oxygens (including phenoxy) is 1. The summed E-state index contributed by atoms with van der Waals surface area (Å²) >= 11 is 1.18. The van der Waals surface area contributed by atoms with Crippen molar-refractivity contribution in [2.24, 2.45) is 5.73 Å². The van der Waals surface area contributed by atoms with E-state index < -0.39 is 21.8 Å². The van der Waals surface area contributed by atoms with E-state index in [9.17, 15) is 18.0 Å². The van der Waals surface area contributed by atoms with Crippen molar-refractivity contribution in [1.82, 2.24) is 4.31 Å². The third-order valence-corrected chi connectivity index (χ3v) is 6.97. The highest BCUT2D eigenvalue weighted by Crippen LogP contribution is 2.24. The van der Waals surface area contributed by atoms with E-state index in [-0.39, 0.29) is 41.3 Å². The highest BCUT2D eigenvalue weighted by Gasteiger charge is 2.32. The Morgan fingerprint density at radius 2 is 1.75 bits per heavy atom. The number of thiophene rings is 1. The van der Waals surface area contributed by atoms with Crippen LogP contribution in [0.25, 0.3) is 0 Å². The van der Waals surface area contributed by atoms with Crippen molar-refractivity contribution in [3.63, 3.8) is 0 Å². The van der Waals surface area contributed by atoms with Crippen LogP contribution >= 0.6 is 11.3 Å². The van der Waals surface area contributed by atoms with Gasteiger partial charge in [0.2, 0.25) is 10.0 Å². The van der Waals surface area contributed by atoms with Crippen LogP contribution in [0.5, 0.6) is 0 Å². The molecule has 2 atom stereocenters. The number of carbonyl (C=O) groups is 2. The first-order chi connectivity index (χ1) is 13.2. The number of rotatable bonds is 5. The monoisotopic (exact) mass is 423 g/mol. The largest absolute Gasteiger partial charge is 0.373 e. The van der Waals surface area contributed by atoms with Crippen molar-refractivity contribution in [3.05, 3.63) is 46.8 Å². The van der Waals surface area contributed by atoms with Gasteiger partial charge in [-0.15, -0.1) is 11.3 Å². The zero-order valence-corrected chi connectivity index (χ0v) is 17.0. The van der Waals surface area contributed by atoms with E-state index in [0.717, 1.165) is 0 Å². The molecular weight excluding hydrogens is 402 g/mol. The van der Waals surface area contributed by atoms with Gasteiger partial charge < -0.3 is 15.8 Å². The van der Waals surface area contributed by atoms with E-state index >= 15 is 0 Å². The highest BCUT2D eigenvalue weighted by molar-refractivity contribution is 7.89. The number of primary amides is 1. The molecule has 3 N–H and O–H groups in total. The molecule has 1 aromatic carbocycles. The number of nitrogens with two attached hydrogens (primary N) is 1. The van der Waals surface area contributed by atoms with Gasteiger partial charge in [-0.25, -0.2) is 8.42 Å². The first kappa shape index (κ1) is 20.5. The SMILES string of the molecule is CC1CN(S(=O)(=O)c2ccc(C(=O)Nc3sccc3C(N)=O)cc2)CC(C)O1. The van der Waals surface area contributed by atoms with Crippen LogP contribution in [0.1, 0.15) is 34.6 Å². The van der Waals surface area contributed by atoms with Gasteiger partial charge in [-0.05, 0) is 49.6 Å². The normalized spacial score (nSPS) is 20.6. The highest BCUT2D eigenvalue weighted by atomic mass is 32.2. The third kappa shape index (κ3) is 4.25. The Hall–Kier alpha value is -2.27. The minimum Gasteiger partial charge on any atom is -0.373 e. The Morgan fingerprint density at radius 3 is 2.32 bits per heavy atom. The van der Waals surface area contributed by atoms with Crippen LogP contribution in [-0.4, -0.2) is 49.8 Å². The summed E-state index contributed by atoms with van der Waals surface area (Å²) in [6.45, 7) is 4.22. The summed E-state index contributed by atoms with van der Waals surface area (Å²) < 4.78 is 32.7. The fraction of sp³-hybridized carbons (Fsp3) is 0.333. The van der Waals surface area contributed by atoms with Gasteiger partial charge in [0.05, 0.1) is 22.7 Å². The molecule has 0 saturated carbocycles. The van der Waals surface area contributed by atoms with Crippen LogP contribution in [0.3, 0.4) is 0 Å². The van der Waals surface area contributed by atoms with E-state index in [1.807, 2.05) is 13.8 Å². The maximum atomic E-state index is 12.9. The second kappa shape index (κ2) is 8.00. The standard InChI is InChI=1S/C18H21N3O5S2/c1-11-9-21(10-12(2)26-11)28(24,25)14-5-3-13(4-6-14)17(23)20-18-15(16(19)22)7-8-27-18/h3-8,11-12H,9-10H2,1-2H3,(H2,19,22)(H,20,23). The molecule has 2 unspecified atom stereocenters. The minimum absolute atomic E-state index is 0.110. The summed E-state index contributed by atoms with van der Waals surface area (Å²) in [4.78, 5) is 23.9. The second-order valence-electron chi connectivity index (χ2n) is 6.59. The maximum Gasteiger partial charge on any atom is 0.256 e. The lowest BCUT2D eigenvalue weighted by atomic mass is 10.2. The molecule has 2 heterocycles. The van der Waals surface area contributed by atoms with E-state index in [1.54, 1.807) is 5.38 Å². The van der Waals surface area contributed by atoms with Gasteiger partial charge in [0.1, 0.15) is 5.00 Å². The van der Waals surface area contributed by atoms with Crippen LogP contribution in [0.15, 0.2) is 40.6 Å². The second-order valence-corrected chi connectivity index (χ2v) is 9.44. The summed E-state index contributed by atoms with van der Waals surface area (Å²) in [6.07, 6.45) is -0.373. The van der Waals surface area contributed by atoms with Crippen LogP contribution in [-0.2, 0) is 14.8 Å². The lowest BCUT2D eigenvalue weighted by Crippen LogP contribution is -2.48. The molecule has 0 aliphatic carbocycles. The molecule has 28 heavy (non-hydrogen) atoms. The first-order valence-corrected chi connectivity index (χ1v) is 10.9. The van der Waals surface area contributed by atoms with E-state index in [0.29, 0.717) is 5.00 Å². The summed E-state index contributed by atoms with van der Waals surface area (Å²) in [5.41, 5.74) is 5.77. The quantitative estimate of drug-likeness (QED) is 0.761. The molecule has 8 nitrogen and oxygen atoms in total. The molecule has 150 valence electrons. The van der Waals surface area contributed by atoms with Gasteiger partial charge in [-0.2, -0.15) is 4.31 Å². The van der Waals surface area contributed by atoms with Crippen molar-refractivity contribution in [2.75, 3.05) is 18.4 Å². The zero-order valence-electron chi connectivity index (χ0n) is 15.4. The first-order valence-electron chi connectivity index (χ1n) is 8.63. The Labute approximate surface area is 167 Å². The molecule has 3 rings (SSSR count). The summed E-state index contributed by atoms with van der Waals surface area (Å²) in [7, 11) is -3.68. The van der Waals surface area contributed by atoms with Crippen LogP contribution in [0.4, 0.5) is 5.00 Å². The fourth-order valence-electron chi connectivity index (χ4n) is 3.03. The number of hydrogen-bond donors (Lipinski definition) is 2.